The van der Waals surface area contributed by atoms with Gasteiger partial charge in [0.1, 0.15) is 0 Å². The van der Waals surface area contributed by atoms with Crippen LogP contribution in [-0.2, 0) is 12.8 Å². The fraction of sp³-hybridized carbons (Fsp3) is 0.667. The Morgan fingerprint density at radius 3 is 3.25 bits per heavy atom. The van der Waals surface area contributed by atoms with Crippen molar-refractivity contribution in [2.45, 2.75) is 32.6 Å². The molecule has 1 atom stereocenters. The topological polar surface area (TPSA) is 32.9 Å². The van der Waals surface area contributed by atoms with Gasteiger partial charge in [0, 0.05) is 10.6 Å². The molecule has 0 aliphatic heterocycles. The zero-order chi connectivity index (χ0) is 8.55. The minimum atomic E-state index is 0.122. The molecule has 2 rings (SSSR count). The van der Waals surface area contributed by atoms with Crippen LogP contribution in [0.15, 0.2) is 4.79 Å². The van der Waals surface area contributed by atoms with Crippen LogP contribution in [0, 0.1) is 5.92 Å². The first-order valence-corrected chi connectivity index (χ1v) is 5.32. The largest absolute Gasteiger partial charge is 0.316 e. The Labute approximate surface area is 75.6 Å². The van der Waals surface area contributed by atoms with Gasteiger partial charge in [-0.1, -0.05) is 24.7 Å². The molecule has 0 aromatic carbocycles. The summed E-state index contributed by atoms with van der Waals surface area (Å²) in [6, 6.07) is 0. The van der Waals surface area contributed by atoms with Crippen LogP contribution in [0.2, 0.25) is 0 Å². The summed E-state index contributed by atoms with van der Waals surface area (Å²) in [6.07, 6.45) is 4.68. The molecule has 0 fully saturated rings. The summed E-state index contributed by atoms with van der Waals surface area (Å²) in [5.74, 6) is 0.809. The lowest BCUT2D eigenvalue weighted by atomic mass is 9.89. The summed E-state index contributed by atoms with van der Waals surface area (Å²) < 4.78 is 0. The van der Waals surface area contributed by atoms with Crippen molar-refractivity contribution in [2.75, 3.05) is 0 Å². The predicted octanol–water partition coefficient (Wildman–Crippen LogP) is 1.95. The van der Waals surface area contributed by atoms with Gasteiger partial charge in [0.25, 0.3) is 0 Å². The number of thiazole rings is 1. The number of fused-ring (bicyclic) bond motifs is 1. The Hall–Kier alpha value is -0.570. The zero-order valence-corrected chi connectivity index (χ0v) is 8.04. The summed E-state index contributed by atoms with van der Waals surface area (Å²) in [5, 5.41) is 0. The van der Waals surface area contributed by atoms with Gasteiger partial charge in [0.05, 0.1) is 0 Å². The van der Waals surface area contributed by atoms with Crippen LogP contribution in [0.5, 0.6) is 0 Å². The molecule has 0 unspecified atom stereocenters. The molecule has 0 bridgehead atoms. The molecule has 1 N–H and O–H groups in total. The van der Waals surface area contributed by atoms with Crippen molar-refractivity contribution in [1.29, 1.82) is 0 Å². The fourth-order valence-corrected chi connectivity index (χ4v) is 2.81. The Morgan fingerprint density at radius 2 is 2.50 bits per heavy atom. The van der Waals surface area contributed by atoms with Crippen LogP contribution in [0.3, 0.4) is 0 Å². The van der Waals surface area contributed by atoms with E-state index in [2.05, 4.69) is 11.9 Å². The summed E-state index contributed by atoms with van der Waals surface area (Å²) in [4.78, 5) is 15.3. The van der Waals surface area contributed by atoms with Crippen LogP contribution < -0.4 is 4.87 Å². The molecular weight excluding hydrogens is 170 g/mol. The molecule has 0 amide bonds. The number of aromatic nitrogens is 1. The van der Waals surface area contributed by atoms with Crippen molar-refractivity contribution in [3.05, 3.63) is 20.2 Å². The number of hydrogen-bond donors (Lipinski definition) is 1. The minimum Gasteiger partial charge on any atom is -0.316 e. The number of rotatable bonds is 1. The molecule has 1 aliphatic carbocycles. The van der Waals surface area contributed by atoms with E-state index in [1.165, 1.54) is 34.7 Å². The SMILES string of the molecule is CC[C@@H]1CCc2[nH]c(=O)sc2C1. The van der Waals surface area contributed by atoms with Crippen LogP contribution in [0.25, 0.3) is 0 Å². The Balaban J connectivity index is 2.28. The van der Waals surface area contributed by atoms with Gasteiger partial charge in [-0.3, -0.25) is 4.79 Å². The number of H-pyrrole nitrogens is 1. The Kier molecular flexibility index (Phi) is 2.05. The molecule has 12 heavy (non-hydrogen) atoms. The van der Waals surface area contributed by atoms with Gasteiger partial charge in [-0.25, -0.2) is 0 Å². The maximum Gasteiger partial charge on any atom is 0.304 e. The third-order valence-electron chi connectivity index (χ3n) is 2.66. The maximum absolute atomic E-state index is 11.0. The van der Waals surface area contributed by atoms with Crippen molar-refractivity contribution in [3.8, 4) is 0 Å². The van der Waals surface area contributed by atoms with Crippen molar-refractivity contribution >= 4 is 11.3 Å². The smallest absolute Gasteiger partial charge is 0.304 e. The predicted molar refractivity (Wildman–Crippen MR) is 50.7 cm³/mol. The van der Waals surface area contributed by atoms with Gasteiger partial charge in [0.15, 0.2) is 0 Å². The summed E-state index contributed by atoms with van der Waals surface area (Å²) in [5.41, 5.74) is 1.20. The lowest BCUT2D eigenvalue weighted by Gasteiger charge is -2.19. The number of aromatic amines is 1. The quantitative estimate of drug-likeness (QED) is 0.709. The van der Waals surface area contributed by atoms with E-state index in [0.29, 0.717) is 0 Å². The normalized spacial score (nSPS) is 22.2. The molecule has 3 heteroatoms. The summed E-state index contributed by atoms with van der Waals surface area (Å²) in [6.45, 7) is 2.23. The van der Waals surface area contributed by atoms with Crippen molar-refractivity contribution < 1.29 is 0 Å². The van der Waals surface area contributed by atoms with Gasteiger partial charge in [0.2, 0.25) is 0 Å². The highest BCUT2D eigenvalue weighted by Gasteiger charge is 2.19. The van der Waals surface area contributed by atoms with Crippen LogP contribution in [0.1, 0.15) is 30.3 Å². The third kappa shape index (κ3) is 1.33. The van der Waals surface area contributed by atoms with Crippen LogP contribution in [0.4, 0.5) is 0 Å². The maximum atomic E-state index is 11.0. The van der Waals surface area contributed by atoms with Crippen molar-refractivity contribution in [3.63, 3.8) is 0 Å². The van der Waals surface area contributed by atoms with E-state index in [9.17, 15) is 4.79 Å². The fourth-order valence-electron chi connectivity index (χ4n) is 1.82. The number of hydrogen-bond acceptors (Lipinski definition) is 2. The molecule has 1 aromatic heterocycles. The second kappa shape index (κ2) is 3.05. The summed E-state index contributed by atoms with van der Waals surface area (Å²) in [7, 11) is 0. The zero-order valence-electron chi connectivity index (χ0n) is 7.22. The van der Waals surface area contributed by atoms with E-state index in [4.69, 9.17) is 0 Å². The lowest BCUT2D eigenvalue weighted by molar-refractivity contribution is 0.446. The molecular formula is C9H13NOS. The average Bonchev–Trinajstić information content (AvgIpc) is 2.43. The van der Waals surface area contributed by atoms with Gasteiger partial charge in [-0.2, -0.15) is 0 Å². The molecule has 0 radical (unpaired) electrons. The van der Waals surface area contributed by atoms with Crippen molar-refractivity contribution in [2.24, 2.45) is 5.92 Å². The highest BCUT2D eigenvalue weighted by molar-refractivity contribution is 7.09. The van der Waals surface area contributed by atoms with E-state index in [0.717, 1.165) is 18.8 Å². The highest BCUT2D eigenvalue weighted by atomic mass is 32.1. The molecule has 0 saturated carbocycles. The standard InChI is InChI=1S/C9H13NOS/c1-2-6-3-4-7-8(5-6)12-9(11)10-7/h6H,2-5H2,1H3,(H,10,11)/t6-/m1/s1. The number of aryl methyl sites for hydroxylation is 1. The summed E-state index contributed by atoms with van der Waals surface area (Å²) >= 11 is 1.40. The molecule has 1 aromatic rings. The van der Waals surface area contributed by atoms with E-state index >= 15 is 0 Å². The van der Waals surface area contributed by atoms with Crippen molar-refractivity contribution in [1.82, 2.24) is 4.98 Å². The molecule has 0 saturated heterocycles. The van der Waals surface area contributed by atoms with Gasteiger partial charge in [-0.05, 0) is 25.2 Å². The number of nitrogens with one attached hydrogen (secondary N) is 1. The van der Waals surface area contributed by atoms with Gasteiger partial charge >= 0.3 is 4.87 Å². The second-order valence-electron chi connectivity index (χ2n) is 3.43. The van der Waals surface area contributed by atoms with Gasteiger partial charge in [-0.15, -0.1) is 0 Å². The molecule has 66 valence electrons. The molecule has 1 aliphatic rings. The Bertz CT molecular complexity index is 326. The van der Waals surface area contributed by atoms with E-state index in [-0.39, 0.29) is 4.87 Å². The minimum absolute atomic E-state index is 0.122. The third-order valence-corrected chi connectivity index (χ3v) is 3.61. The molecule has 0 spiro atoms. The highest BCUT2D eigenvalue weighted by Crippen LogP contribution is 2.27. The van der Waals surface area contributed by atoms with E-state index < -0.39 is 0 Å². The Morgan fingerprint density at radius 1 is 1.67 bits per heavy atom. The molecule has 2 nitrogen and oxygen atoms in total. The first-order valence-electron chi connectivity index (χ1n) is 4.50. The van der Waals surface area contributed by atoms with Gasteiger partial charge < -0.3 is 4.98 Å². The van der Waals surface area contributed by atoms with E-state index in [1.54, 1.807) is 0 Å². The monoisotopic (exact) mass is 183 g/mol. The van der Waals surface area contributed by atoms with E-state index in [1.807, 2.05) is 0 Å². The van der Waals surface area contributed by atoms with Crippen LogP contribution in [-0.4, -0.2) is 4.98 Å². The second-order valence-corrected chi connectivity index (χ2v) is 4.50. The first-order chi connectivity index (χ1) is 5.79. The average molecular weight is 183 g/mol. The van der Waals surface area contributed by atoms with Crippen LogP contribution >= 0.6 is 11.3 Å². The molecule has 1 heterocycles. The lowest BCUT2D eigenvalue weighted by Crippen LogP contribution is -2.11. The first kappa shape index (κ1) is 8.05.